The van der Waals surface area contributed by atoms with Gasteiger partial charge in [-0.05, 0) is 49.1 Å². The third-order valence-electron chi connectivity index (χ3n) is 3.32. The van der Waals surface area contributed by atoms with E-state index in [-0.39, 0.29) is 16.1 Å². The van der Waals surface area contributed by atoms with E-state index < -0.39 is 10.0 Å². The van der Waals surface area contributed by atoms with Crippen LogP contribution in [0.5, 0.6) is 0 Å². The van der Waals surface area contributed by atoms with Gasteiger partial charge in [0.2, 0.25) is 10.0 Å². The number of nitrogens with zero attached hydrogens (tertiary/aromatic N) is 1. The topological polar surface area (TPSA) is 63.4 Å². The molecule has 0 saturated carbocycles. The summed E-state index contributed by atoms with van der Waals surface area (Å²) in [5.41, 5.74) is 5.98. The van der Waals surface area contributed by atoms with Gasteiger partial charge in [-0.1, -0.05) is 13.8 Å². The lowest BCUT2D eigenvalue weighted by atomic mass is 9.94. The maximum Gasteiger partial charge on any atom is 0.242 e. The molecule has 0 radical (unpaired) electrons. The van der Waals surface area contributed by atoms with Crippen LogP contribution in [0.1, 0.15) is 25.0 Å². The molecule has 0 bridgehead atoms. The van der Waals surface area contributed by atoms with Crippen LogP contribution in [0.15, 0.2) is 17.0 Å². The summed E-state index contributed by atoms with van der Waals surface area (Å²) in [4.78, 5) is 0.115. The maximum atomic E-state index is 13.6. The lowest BCUT2D eigenvalue weighted by Crippen LogP contribution is -2.39. The van der Waals surface area contributed by atoms with Gasteiger partial charge in [-0.2, -0.15) is 0 Å². The number of rotatable bonds is 5. The summed E-state index contributed by atoms with van der Waals surface area (Å²) in [7, 11) is -2.12. The van der Waals surface area contributed by atoms with Crippen LogP contribution in [0.2, 0.25) is 0 Å². The van der Waals surface area contributed by atoms with Crippen molar-refractivity contribution < 1.29 is 12.8 Å². The van der Waals surface area contributed by atoms with E-state index in [4.69, 9.17) is 5.73 Å². The van der Waals surface area contributed by atoms with E-state index in [9.17, 15) is 12.8 Å². The van der Waals surface area contributed by atoms with Gasteiger partial charge in [0.25, 0.3) is 0 Å². The Morgan fingerprint density at radius 3 is 2.10 bits per heavy atom. The van der Waals surface area contributed by atoms with Crippen LogP contribution < -0.4 is 5.73 Å². The van der Waals surface area contributed by atoms with Gasteiger partial charge in [0, 0.05) is 13.6 Å². The van der Waals surface area contributed by atoms with Crippen molar-refractivity contribution in [3.8, 4) is 0 Å². The fraction of sp³-hybridized carbons (Fsp3) is 0.571. The minimum Gasteiger partial charge on any atom is -0.330 e. The molecule has 0 aromatic heterocycles. The van der Waals surface area contributed by atoms with Crippen LogP contribution in [0.25, 0.3) is 0 Å². The lowest BCUT2D eigenvalue weighted by molar-refractivity contribution is 0.292. The van der Waals surface area contributed by atoms with Crippen molar-refractivity contribution in [3.05, 3.63) is 29.1 Å². The number of sulfonamides is 1. The highest BCUT2D eigenvalue weighted by Gasteiger charge is 2.27. The van der Waals surface area contributed by atoms with Crippen molar-refractivity contribution in [1.29, 1.82) is 0 Å². The fourth-order valence-corrected chi connectivity index (χ4v) is 3.52. The molecule has 20 heavy (non-hydrogen) atoms. The summed E-state index contributed by atoms with van der Waals surface area (Å²) in [6.45, 7) is 7.62. The van der Waals surface area contributed by atoms with Crippen LogP contribution in [-0.2, 0) is 10.0 Å². The third-order valence-corrected chi connectivity index (χ3v) is 5.10. The Morgan fingerprint density at radius 1 is 1.25 bits per heavy atom. The normalized spacial score (nSPS) is 13.0. The molecule has 0 aliphatic rings. The molecule has 1 rings (SSSR count). The first-order valence-corrected chi connectivity index (χ1v) is 7.88. The summed E-state index contributed by atoms with van der Waals surface area (Å²) in [5.74, 6) is -0.367. The molecule has 0 unspecified atom stereocenters. The summed E-state index contributed by atoms with van der Waals surface area (Å²) >= 11 is 0. The average molecular weight is 302 g/mol. The Bertz CT molecular complexity index is 574. The molecule has 114 valence electrons. The third kappa shape index (κ3) is 3.56. The van der Waals surface area contributed by atoms with Gasteiger partial charge in [0.05, 0.1) is 4.90 Å². The molecule has 0 fully saturated rings. The molecular weight excluding hydrogens is 279 g/mol. The molecule has 0 spiro atoms. The number of halogens is 1. The molecule has 1 aromatic rings. The second-order valence-corrected chi connectivity index (χ2v) is 8.05. The van der Waals surface area contributed by atoms with E-state index in [0.29, 0.717) is 24.2 Å². The van der Waals surface area contributed by atoms with Crippen molar-refractivity contribution >= 4 is 10.0 Å². The fourth-order valence-electron chi connectivity index (χ4n) is 1.99. The molecule has 0 aliphatic heterocycles. The minimum absolute atomic E-state index is 0.115. The van der Waals surface area contributed by atoms with Gasteiger partial charge in [-0.25, -0.2) is 17.1 Å². The van der Waals surface area contributed by atoms with Gasteiger partial charge >= 0.3 is 0 Å². The molecule has 2 N–H and O–H groups in total. The molecule has 6 heteroatoms. The van der Waals surface area contributed by atoms with E-state index in [1.165, 1.54) is 23.5 Å². The SMILES string of the molecule is Cc1cc(S(=O)(=O)N(C)CC(C)(C)CN)cc(C)c1F. The smallest absolute Gasteiger partial charge is 0.242 e. The van der Waals surface area contributed by atoms with E-state index >= 15 is 0 Å². The van der Waals surface area contributed by atoms with Crippen molar-refractivity contribution in [2.75, 3.05) is 20.1 Å². The highest BCUT2D eigenvalue weighted by molar-refractivity contribution is 7.89. The largest absolute Gasteiger partial charge is 0.330 e. The molecule has 4 nitrogen and oxygen atoms in total. The first-order chi connectivity index (χ1) is 9.01. The lowest BCUT2D eigenvalue weighted by Gasteiger charge is -2.28. The highest BCUT2D eigenvalue weighted by atomic mass is 32.2. The van der Waals surface area contributed by atoms with Crippen molar-refractivity contribution in [2.24, 2.45) is 11.1 Å². The Balaban J connectivity index is 3.17. The highest BCUT2D eigenvalue weighted by Crippen LogP contribution is 2.23. The predicted molar refractivity (Wildman–Crippen MR) is 78.5 cm³/mol. The van der Waals surface area contributed by atoms with Crippen molar-refractivity contribution in [3.63, 3.8) is 0 Å². The first kappa shape index (κ1) is 17.1. The molecular formula is C14H23FN2O2S. The Hall–Kier alpha value is -0.980. The van der Waals surface area contributed by atoms with Crippen LogP contribution in [-0.4, -0.2) is 32.9 Å². The zero-order chi connectivity index (χ0) is 15.7. The number of hydrogen-bond donors (Lipinski definition) is 1. The Morgan fingerprint density at radius 2 is 1.70 bits per heavy atom. The molecule has 0 amide bonds. The van der Waals surface area contributed by atoms with Crippen LogP contribution in [0.3, 0.4) is 0 Å². The summed E-state index contributed by atoms with van der Waals surface area (Å²) in [5, 5.41) is 0. The zero-order valence-electron chi connectivity index (χ0n) is 12.7. The standard InChI is InChI=1S/C14H23FN2O2S/c1-10-6-12(7-11(2)13(10)15)20(18,19)17(5)9-14(3,4)8-16/h6-7H,8-9,16H2,1-5H3. The Labute approximate surface area is 120 Å². The number of hydrogen-bond acceptors (Lipinski definition) is 3. The number of benzene rings is 1. The van der Waals surface area contributed by atoms with Gasteiger partial charge in [0.1, 0.15) is 5.82 Å². The van der Waals surface area contributed by atoms with Crippen molar-refractivity contribution in [1.82, 2.24) is 4.31 Å². The van der Waals surface area contributed by atoms with Gasteiger partial charge in [0.15, 0.2) is 0 Å². The van der Waals surface area contributed by atoms with Crippen LogP contribution >= 0.6 is 0 Å². The van der Waals surface area contributed by atoms with Crippen LogP contribution in [0, 0.1) is 25.1 Å². The summed E-state index contributed by atoms with van der Waals surface area (Å²) in [6, 6.07) is 2.73. The number of aryl methyl sites for hydroxylation is 2. The average Bonchev–Trinajstić information content (AvgIpc) is 2.34. The Kier molecular flexibility index (Phi) is 4.94. The van der Waals surface area contributed by atoms with Gasteiger partial charge < -0.3 is 5.73 Å². The molecule has 0 heterocycles. The zero-order valence-corrected chi connectivity index (χ0v) is 13.5. The monoisotopic (exact) mass is 302 g/mol. The summed E-state index contributed by atoms with van der Waals surface area (Å²) < 4.78 is 39.9. The van der Waals surface area contributed by atoms with E-state index in [1.807, 2.05) is 13.8 Å². The maximum absolute atomic E-state index is 13.6. The number of nitrogens with two attached hydrogens (primary N) is 1. The minimum atomic E-state index is -3.63. The molecule has 0 saturated heterocycles. The molecule has 1 aromatic carbocycles. The quantitative estimate of drug-likeness (QED) is 0.905. The predicted octanol–water partition coefficient (Wildman–Crippen LogP) is 2.05. The second-order valence-electron chi connectivity index (χ2n) is 6.00. The van der Waals surface area contributed by atoms with Crippen LogP contribution in [0.4, 0.5) is 4.39 Å². The van der Waals surface area contributed by atoms with E-state index in [0.717, 1.165) is 0 Å². The van der Waals surface area contributed by atoms with E-state index in [1.54, 1.807) is 13.8 Å². The van der Waals surface area contributed by atoms with Gasteiger partial charge in [-0.15, -0.1) is 0 Å². The van der Waals surface area contributed by atoms with Gasteiger partial charge in [-0.3, -0.25) is 0 Å². The van der Waals surface area contributed by atoms with E-state index in [2.05, 4.69) is 0 Å². The second kappa shape index (κ2) is 5.79. The molecule has 0 atom stereocenters. The molecule has 0 aliphatic carbocycles. The first-order valence-electron chi connectivity index (χ1n) is 6.44. The van der Waals surface area contributed by atoms with Crippen molar-refractivity contribution in [2.45, 2.75) is 32.6 Å². The summed E-state index contributed by atoms with van der Waals surface area (Å²) in [6.07, 6.45) is 0.